The molecule has 0 spiro atoms. The molecule has 0 heterocycles. The van der Waals surface area contributed by atoms with Crippen molar-refractivity contribution in [3.8, 4) is 5.75 Å². The average Bonchev–Trinajstić information content (AvgIpc) is 2.60. The van der Waals surface area contributed by atoms with Gasteiger partial charge in [0, 0.05) is 5.56 Å². The predicted molar refractivity (Wildman–Crippen MR) is 96.1 cm³/mol. The molecule has 0 amide bonds. The van der Waals surface area contributed by atoms with Gasteiger partial charge >= 0.3 is 5.97 Å². The molecule has 0 aliphatic carbocycles. The van der Waals surface area contributed by atoms with E-state index in [2.05, 4.69) is 27.5 Å². The molecule has 7 heteroatoms. The third kappa shape index (κ3) is 5.06. The van der Waals surface area contributed by atoms with Gasteiger partial charge in [-0.1, -0.05) is 24.3 Å². The van der Waals surface area contributed by atoms with Gasteiger partial charge < -0.3 is 15.2 Å². The highest BCUT2D eigenvalue weighted by molar-refractivity contribution is 7.80. The van der Waals surface area contributed by atoms with Crippen molar-refractivity contribution in [2.24, 2.45) is 10.8 Å². The van der Waals surface area contributed by atoms with Crippen LogP contribution >= 0.6 is 12.2 Å². The van der Waals surface area contributed by atoms with E-state index < -0.39 is 0 Å². The number of methoxy groups -OCH3 is 1. The molecule has 0 fully saturated rings. The molecule has 2 aromatic carbocycles. The lowest BCUT2D eigenvalue weighted by molar-refractivity contribution is 0.0600. The number of nitrogens with two attached hydrogens (primary N) is 1. The molecule has 0 aliphatic heterocycles. The van der Waals surface area contributed by atoms with Crippen molar-refractivity contribution in [3.05, 3.63) is 65.2 Å². The fourth-order valence-corrected chi connectivity index (χ4v) is 1.95. The van der Waals surface area contributed by atoms with Gasteiger partial charge in [-0.25, -0.2) is 4.79 Å². The van der Waals surface area contributed by atoms with E-state index in [0.29, 0.717) is 17.9 Å². The third-order valence-electron chi connectivity index (χ3n) is 3.07. The fraction of sp³-hybridized carbons (Fsp3) is 0.118. The van der Waals surface area contributed by atoms with Gasteiger partial charge in [0.2, 0.25) is 0 Å². The molecular formula is C17H17N3O3S. The zero-order valence-electron chi connectivity index (χ0n) is 13.1. The molecule has 3 N–H and O–H groups in total. The van der Waals surface area contributed by atoms with Crippen molar-refractivity contribution < 1.29 is 14.3 Å². The number of carbonyl (C=O) groups is 1. The van der Waals surface area contributed by atoms with Crippen LogP contribution in [0.5, 0.6) is 5.75 Å². The van der Waals surface area contributed by atoms with Crippen LogP contribution in [0.15, 0.2) is 53.6 Å². The molecule has 0 radical (unpaired) electrons. The number of hydrogen-bond acceptors (Lipinski definition) is 5. The van der Waals surface area contributed by atoms with Crippen molar-refractivity contribution in [2.45, 2.75) is 6.61 Å². The Kier molecular flexibility index (Phi) is 6.27. The highest BCUT2D eigenvalue weighted by atomic mass is 32.1. The van der Waals surface area contributed by atoms with Crippen LogP contribution in [0.1, 0.15) is 21.5 Å². The van der Waals surface area contributed by atoms with Crippen LogP contribution in [0.3, 0.4) is 0 Å². The molecule has 0 atom stereocenters. The zero-order chi connectivity index (χ0) is 17.4. The zero-order valence-corrected chi connectivity index (χ0v) is 13.9. The number of carbonyl (C=O) groups excluding carboxylic acids is 1. The summed E-state index contributed by atoms with van der Waals surface area (Å²) in [5.74, 6) is 0.303. The van der Waals surface area contributed by atoms with Crippen LogP contribution in [-0.2, 0) is 11.3 Å². The molecule has 2 aromatic rings. The van der Waals surface area contributed by atoms with Gasteiger partial charge in [0.15, 0.2) is 5.11 Å². The Morgan fingerprint density at radius 1 is 1.25 bits per heavy atom. The van der Waals surface area contributed by atoms with Gasteiger partial charge in [0.25, 0.3) is 0 Å². The standard InChI is InChI=1S/C17H17N3O3S/c1-22-16(21)13-8-6-12(7-9-13)11-23-15-5-3-2-4-14(15)10-19-20-17(18)24/h2-10H,11H2,1H3,(H3,18,20,24). The third-order valence-corrected chi connectivity index (χ3v) is 3.16. The minimum Gasteiger partial charge on any atom is -0.488 e. The first kappa shape index (κ1) is 17.4. The van der Waals surface area contributed by atoms with Gasteiger partial charge in [0.05, 0.1) is 18.9 Å². The summed E-state index contributed by atoms with van der Waals surface area (Å²) in [5.41, 5.74) is 10.0. The van der Waals surface area contributed by atoms with E-state index in [9.17, 15) is 4.79 Å². The number of benzene rings is 2. The second kappa shape index (κ2) is 8.64. The van der Waals surface area contributed by atoms with E-state index in [0.717, 1.165) is 11.1 Å². The minimum atomic E-state index is -0.366. The Labute approximate surface area is 145 Å². The number of esters is 1. The highest BCUT2D eigenvalue weighted by Gasteiger charge is 2.05. The van der Waals surface area contributed by atoms with Gasteiger partial charge in [0.1, 0.15) is 12.4 Å². The Hall–Kier alpha value is -2.93. The molecule has 0 aliphatic rings. The van der Waals surface area contributed by atoms with Crippen molar-refractivity contribution in [3.63, 3.8) is 0 Å². The molecule has 6 nitrogen and oxygen atoms in total. The van der Waals surface area contributed by atoms with Crippen LogP contribution in [0.4, 0.5) is 0 Å². The highest BCUT2D eigenvalue weighted by Crippen LogP contribution is 2.18. The summed E-state index contributed by atoms with van der Waals surface area (Å²) in [5, 5.41) is 4.02. The Morgan fingerprint density at radius 2 is 1.96 bits per heavy atom. The first-order valence-electron chi connectivity index (χ1n) is 7.07. The number of hydrazone groups is 1. The lowest BCUT2D eigenvalue weighted by Gasteiger charge is -2.09. The van der Waals surface area contributed by atoms with Crippen LogP contribution in [0.2, 0.25) is 0 Å². The Bertz CT molecular complexity index is 745. The average molecular weight is 343 g/mol. The topological polar surface area (TPSA) is 85.9 Å². The molecule has 0 aromatic heterocycles. The van der Waals surface area contributed by atoms with E-state index in [1.165, 1.54) is 7.11 Å². The predicted octanol–water partition coefficient (Wildman–Crippen LogP) is 2.22. The summed E-state index contributed by atoms with van der Waals surface area (Å²) in [4.78, 5) is 11.4. The number of nitrogens with one attached hydrogen (secondary N) is 1. The minimum absolute atomic E-state index is 0.0929. The summed E-state index contributed by atoms with van der Waals surface area (Å²) in [7, 11) is 1.35. The molecule has 0 saturated heterocycles. The maximum atomic E-state index is 11.4. The molecule has 0 unspecified atom stereocenters. The first-order valence-corrected chi connectivity index (χ1v) is 7.48. The summed E-state index contributed by atoms with van der Waals surface area (Å²) < 4.78 is 10.5. The maximum Gasteiger partial charge on any atom is 0.337 e. The van der Waals surface area contributed by atoms with Crippen LogP contribution in [0.25, 0.3) is 0 Å². The summed E-state index contributed by atoms with van der Waals surface area (Å²) >= 11 is 4.69. The largest absolute Gasteiger partial charge is 0.488 e. The van der Waals surface area contributed by atoms with E-state index in [1.807, 2.05) is 36.4 Å². The van der Waals surface area contributed by atoms with Gasteiger partial charge in [-0.2, -0.15) is 5.10 Å². The maximum absolute atomic E-state index is 11.4. The number of para-hydroxylation sites is 1. The quantitative estimate of drug-likeness (QED) is 0.362. The van der Waals surface area contributed by atoms with E-state index in [1.54, 1.807) is 18.3 Å². The van der Waals surface area contributed by atoms with Gasteiger partial charge in [-0.15, -0.1) is 0 Å². The van der Waals surface area contributed by atoms with Crippen LogP contribution < -0.4 is 15.9 Å². The fourth-order valence-electron chi connectivity index (χ4n) is 1.90. The monoisotopic (exact) mass is 343 g/mol. The second-order valence-corrected chi connectivity index (χ2v) is 5.19. The number of nitrogens with zero attached hydrogens (tertiary/aromatic N) is 1. The SMILES string of the molecule is COC(=O)c1ccc(COc2ccccc2C=NNC(N)=S)cc1. The van der Waals surface area contributed by atoms with Crippen molar-refractivity contribution in [1.82, 2.24) is 5.43 Å². The van der Waals surface area contributed by atoms with Gasteiger partial charge in [-0.3, -0.25) is 5.43 Å². The molecule has 0 bridgehead atoms. The summed E-state index contributed by atoms with van der Waals surface area (Å²) in [6.07, 6.45) is 1.58. The molecule has 124 valence electrons. The Balaban J connectivity index is 2.02. The van der Waals surface area contributed by atoms with E-state index in [4.69, 9.17) is 10.5 Å². The molecule has 2 rings (SSSR count). The lowest BCUT2D eigenvalue weighted by atomic mass is 10.1. The molecule has 24 heavy (non-hydrogen) atoms. The van der Waals surface area contributed by atoms with Crippen molar-refractivity contribution >= 4 is 29.5 Å². The summed E-state index contributed by atoms with van der Waals surface area (Å²) in [6, 6.07) is 14.5. The van der Waals surface area contributed by atoms with Crippen LogP contribution in [-0.4, -0.2) is 24.4 Å². The smallest absolute Gasteiger partial charge is 0.337 e. The van der Waals surface area contributed by atoms with Gasteiger partial charge in [-0.05, 0) is 42.0 Å². The van der Waals surface area contributed by atoms with Crippen molar-refractivity contribution in [2.75, 3.05) is 7.11 Å². The first-order chi connectivity index (χ1) is 11.6. The number of thiocarbonyl (C=S) groups is 1. The van der Waals surface area contributed by atoms with Crippen LogP contribution in [0, 0.1) is 0 Å². The number of ether oxygens (including phenoxy) is 2. The molecule has 0 saturated carbocycles. The summed E-state index contributed by atoms with van der Waals surface area (Å²) in [6.45, 7) is 0.356. The molecular weight excluding hydrogens is 326 g/mol. The lowest BCUT2D eigenvalue weighted by Crippen LogP contribution is -2.24. The van der Waals surface area contributed by atoms with E-state index >= 15 is 0 Å². The number of rotatable bonds is 6. The number of hydrogen-bond donors (Lipinski definition) is 2. The second-order valence-electron chi connectivity index (χ2n) is 4.75. The normalized spacial score (nSPS) is 10.4. The Morgan fingerprint density at radius 3 is 2.62 bits per heavy atom. The van der Waals surface area contributed by atoms with E-state index in [-0.39, 0.29) is 11.1 Å². The van der Waals surface area contributed by atoms with Crippen molar-refractivity contribution in [1.29, 1.82) is 0 Å².